The molecule has 0 amide bonds. The molecule has 27 heavy (non-hydrogen) atoms. The fourth-order valence-electron chi connectivity index (χ4n) is 3.23. The summed E-state index contributed by atoms with van der Waals surface area (Å²) in [7, 11) is 0. The lowest BCUT2D eigenvalue weighted by Crippen LogP contribution is -2.02. The second-order valence-corrected chi connectivity index (χ2v) is 6.43. The molecule has 0 aliphatic rings. The smallest absolute Gasteiger partial charge is 0.165 e. The first kappa shape index (κ1) is 17.1. The highest BCUT2D eigenvalue weighted by molar-refractivity contribution is 5.81. The van der Waals surface area contributed by atoms with Gasteiger partial charge in [-0.2, -0.15) is 9.61 Å². The van der Waals surface area contributed by atoms with Gasteiger partial charge in [0.25, 0.3) is 0 Å². The molecule has 1 N–H and O–H groups in total. The molecule has 0 spiro atoms. The summed E-state index contributed by atoms with van der Waals surface area (Å²) in [5.41, 5.74) is 5.90. The highest BCUT2D eigenvalue weighted by atomic mass is 16.5. The molecule has 0 fully saturated rings. The van der Waals surface area contributed by atoms with Crippen molar-refractivity contribution in [2.24, 2.45) is 0 Å². The Morgan fingerprint density at radius 3 is 2.44 bits per heavy atom. The van der Waals surface area contributed by atoms with Crippen LogP contribution in [0.1, 0.15) is 18.3 Å². The molecule has 2 aromatic heterocycles. The topological polar surface area (TPSA) is 51.5 Å². The number of aromatic nitrogens is 3. The van der Waals surface area contributed by atoms with Crippen LogP contribution in [-0.4, -0.2) is 21.2 Å². The van der Waals surface area contributed by atoms with E-state index in [4.69, 9.17) is 14.8 Å². The van der Waals surface area contributed by atoms with E-state index in [9.17, 15) is 0 Å². The van der Waals surface area contributed by atoms with Crippen LogP contribution in [0.3, 0.4) is 0 Å². The average Bonchev–Trinajstić information content (AvgIpc) is 3.00. The van der Waals surface area contributed by atoms with Crippen LogP contribution < -0.4 is 10.1 Å². The molecule has 5 heteroatoms. The standard InChI is InChI=1S/C22H22N4O/c1-4-27-19-12-10-18(11-13-19)24-20-14-15(2)23-22-21(16(3)25-26(20)22)17-8-6-5-7-9-17/h5-14,24H,4H2,1-3H3. The van der Waals surface area contributed by atoms with Crippen molar-refractivity contribution in [2.75, 3.05) is 11.9 Å². The summed E-state index contributed by atoms with van der Waals surface area (Å²) in [6, 6.07) is 20.2. The minimum Gasteiger partial charge on any atom is -0.494 e. The van der Waals surface area contributed by atoms with Crippen LogP contribution in [-0.2, 0) is 0 Å². The number of anilines is 2. The highest BCUT2D eigenvalue weighted by Gasteiger charge is 2.16. The number of hydrogen-bond acceptors (Lipinski definition) is 4. The molecule has 2 aromatic carbocycles. The fraction of sp³-hybridized carbons (Fsp3) is 0.182. The van der Waals surface area contributed by atoms with Crippen LogP contribution >= 0.6 is 0 Å². The Hall–Kier alpha value is -3.34. The Morgan fingerprint density at radius 1 is 1.00 bits per heavy atom. The van der Waals surface area contributed by atoms with E-state index in [0.29, 0.717) is 6.61 Å². The molecule has 5 nitrogen and oxygen atoms in total. The van der Waals surface area contributed by atoms with E-state index in [1.54, 1.807) is 0 Å². The van der Waals surface area contributed by atoms with Crippen LogP contribution in [0.25, 0.3) is 16.8 Å². The summed E-state index contributed by atoms with van der Waals surface area (Å²) in [6.45, 7) is 6.66. The normalized spacial score (nSPS) is 10.9. The van der Waals surface area contributed by atoms with Gasteiger partial charge in [0.2, 0.25) is 0 Å². The number of ether oxygens (including phenoxy) is 1. The Kier molecular flexibility index (Phi) is 4.50. The molecule has 4 aromatic rings. The molecule has 0 unspecified atom stereocenters. The van der Waals surface area contributed by atoms with Gasteiger partial charge in [-0.3, -0.25) is 0 Å². The van der Waals surface area contributed by atoms with Gasteiger partial charge in [0.1, 0.15) is 11.6 Å². The molecule has 4 rings (SSSR count). The largest absolute Gasteiger partial charge is 0.494 e. The van der Waals surface area contributed by atoms with E-state index in [1.807, 2.05) is 73.8 Å². The van der Waals surface area contributed by atoms with Crippen molar-refractivity contribution in [1.82, 2.24) is 14.6 Å². The van der Waals surface area contributed by atoms with Crippen LogP contribution in [0.5, 0.6) is 5.75 Å². The molecule has 0 aliphatic carbocycles. The zero-order valence-electron chi connectivity index (χ0n) is 15.7. The van der Waals surface area contributed by atoms with Crippen LogP contribution in [0.2, 0.25) is 0 Å². The Labute approximate surface area is 158 Å². The van der Waals surface area contributed by atoms with Gasteiger partial charge in [-0.1, -0.05) is 30.3 Å². The van der Waals surface area contributed by atoms with Crippen molar-refractivity contribution < 1.29 is 4.74 Å². The number of fused-ring (bicyclic) bond motifs is 1. The molecule has 0 saturated heterocycles. The predicted molar refractivity (Wildman–Crippen MR) is 109 cm³/mol. The van der Waals surface area contributed by atoms with Crippen molar-refractivity contribution in [3.8, 4) is 16.9 Å². The number of nitrogens with zero attached hydrogens (tertiary/aromatic N) is 3. The Bertz CT molecular complexity index is 1070. The van der Waals surface area contributed by atoms with Gasteiger partial charge in [0.15, 0.2) is 5.65 Å². The van der Waals surface area contributed by atoms with Crippen molar-refractivity contribution in [1.29, 1.82) is 0 Å². The minimum atomic E-state index is 0.659. The quantitative estimate of drug-likeness (QED) is 0.536. The monoisotopic (exact) mass is 358 g/mol. The van der Waals surface area contributed by atoms with Gasteiger partial charge >= 0.3 is 0 Å². The second kappa shape index (κ2) is 7.11. The van der Waals surface area contributed by atoms with Crippen molar-refractivity contribution in [2.45, 2.75) is 20.8 Å². The van der Waals surface area contributed by atoms with E-state index in [-0.39, 0.29) is 0 Å². The summed E-state index contributed by atoms with van der Waals surface area (Å²) in [4.78, 5) is 4.75. The van der Waals surface area contributed by atoms with Gasteiger partial charge in [-0.15, -0.1) is 0 Å². The van der Waals surface area contributed by atoms with Gasteiger partial charge in [-0.05, 0) is 50.6 Å². The molecule has 2 heterocycles. The summed E-state index contributed by atoms with van der Waals surface area (Å²) < 4.78 is 7.39. The fourth-order valence-corrected chi connectivity index (χ4v) is 3.23. The Morgan fingerprint density at radius 2 is 1.74 bits per heavy atom. The summed E-state index contributed by atoms with van der Waals surface area (Å²) in [5.74, 6) is 1.74. The van der Waals surface area contributed by atoms with E-state index in [0.717, 1.165) is 45.4 Å². The predicted octanol–water partition coefficient (Wildman–Crippen LogP) is 5.16. The third kappa shape index (κ3) is 3.36. The SMILES string of the molecule is CCOc1ccc(Nc2cc(C)nc3c(-c4ccccc4)c(C)nn23)cc1. The first-order chi connectivity index (χ1) is 13.2. The number of benzene rings is 2. The third-order valence-electron chi connectivity index (χ3n) is 4.39. The minimum absolute atomic E-state index is 0.659. The number of aryl methyl sites for hydroxylation is 2. The molecule has 0 radical (unpaired) electrons. The van der Waals surface area contributed by atoms with Crippen molar-refractivity contribution >= 4 is 17.2 Å². The molecule has 136 valence electrons. The summed E-state index contributed by atoms with van der Waals surface area (Å²) >= 11 is 0. The molecular weight excluding hydrogens is 336 g/mol. The lowest BCUT2D eigenvalue weighted by molar-refractivity contribution is 0.340. The average molecular weight is 358 g/mol. The van der Waals surface area contributed by atoms with E-state index >= 15 is 0 Å². The van der Waals surface area contributed by atoms with Crippen LogP contribution in [0.15, 0.2) is 60.7 Å². The van der Waals surface area contributed by atoms with E-state index in [1.165, 1.54) is 0 Å². The van der Waals surface area contributed by atoms with Crippen molar-refractivity contribution in [3.63, 3.8) is 0 Å². The zero-order valence-corrected chi connectivity index (χ0v) is 15.7. The lowest BCUT2D eigenvalue weighted by atomic mass is 10.1. The second-order valence-electron chi connectivity index (χ2n) is 6.43. The van der Waals surface area contributed by atoms with Gasteiger partial charge in [-0.25, -0.2) is 4.98 Å². The zero-order chi connectivity index (χ0) is 18.8. The molecule has 0 atom stereocenters. The van der Waals surface area contributed by atoms with Gasteiger partial charge < -0.3 is 10.1 Å². The summed E-state index contributed by atoms with van der Waals surface area (Å²) in [5, 5.41) is 8.19. The summed E-state index contributed by atoms with van der Waals surface area (Å²) in [6.07, 6.45) is 0. The van der Waals surface area contributed by atoms with Crippen LogP contribution in [0, 0.1) is 13.8 Å². The first-order valence-electron chi connectivity index (χ1n) is 9.08. The molecular formula is C22H22N4O. The number of nitrogens with one attached hydrogen (secondary N) is 1. The highest BCUT2D eigenvalue weighted by Crippen LogP contribution is 2.30. The maximum absolute atomic E-state index is 5.51. The first-order valence-corrected chi connectivity index (χ1v) is 9.08. The van der Waals surface area contributed by atoms with E-state index in [2.05, 4.69) is 17.4 Å². The molecule has 0 bridgehead atoms. The Balaban J connectivity index is 1.78. The van der Waals surface area contributed by atoms with Gasteiger partial charge in [0.05, 0.1) is 12.3 Å². The third-order valence-corrected chi connectivity index (χ3v) is 4.39. The van der Waals surface area contributed by atoms with Gasteiger partial charge in [0, 0.05) is 23.0 Å². The molecule has 0 saturated carbocycles. The van der Waals surface area contributed by atoms with Crippen molar-refractivity contribution in [3.05, 3.63) is 72.1 Å². The maximum Gasteiger partial charge on any atom is 0.165 e. The van der Waals surface area contributed by atoms with Crippen LogP contribution in [0.4, 0.5) is 11.5 Å². The maximum atomic E-state index is 5.51. The number of hydrogen-bond donors (Lipinski definition) is 1. The molecule has 0 aliphatic heterocycles. The van der Waals surface area contributed by atoms with E-state index < -0.39 is 0 Å². The lowest BCUT2D eigenvalue weighted by Gasteiger charge is -2.11. The number of rotatable bonds is 5.